The van der Waals surface area contributed by atoms with E-state index in [9.17, 15) is 14.0 Å². The maximum atomic E-state index is 13.4. The molecule has 1 atom stereocenters. The van der Waals surface area contributed by atoms with Gasteiger partial charge in [-0.2, -0.15) is 0 Å². The summed E-state index contributed by atoms with van der Waals surface area (Å²) in [7, 11) is 1.59. The summed E-state index contributed by atoms with van der Waals surface area (Å²) in [5, 5.41) is 3.30. The van der Waals surface area contributed by atoms with Gasteiger partial charge in [0.15, 0.2) is 5.16 Å². The Bertz CT molecular complexity index is 1360. The van der Waals surface area contributed by atoms with Gasteiger partial charge >= 0.3 is 0 Å². The largest absolute Gasteiger partial charge is 0.497 e. The molecular formula is C24H23FN4O3S. The molecule has 0 spiro atoms. The van der Waals surface area contributed by atoms with Crippen LogP contribution < -0.4 is 15.6 Å². The normalized spacial score (nSPS) is 12.0. The molecule has 1 amide bonds. The number of hydrogen-bond donors (Lipinski definition) is 2. The van der Waals surface area contributed by atoms with Crippen LogP contribution in [0.25, 0.3) is 16.7 Å². The average molecular weight is 467 g/mol. The molecule has 2 heterocycles. The number of fused-ring (bicyclic) bond motifs is 1. The van der Waals surface area contributed by atoms with Crippen LogP contribution in [-0.4, -0.2) is 33.3 Å². The van der Waals surface area contributed by atoms with Crippen LogP contribution in [0.3, 0.4) is 0 Å². The molecule has 4 rings (SSSR count). The quantitative estimate of drug-likeness (QED) is 0.316. The number of carbonyl (C=O) groups is 1. The Morgan fingerprint density at radius 1 is 1.24 bits per heavy atom. The number of aromatic nitrogens is 3. The maximum absolute atomic E-state index is 13.4. The van der Waals surface area contributed by atoms with E-state index in [1.165, 1.54) is 28.8 Å². The van der Waals surface area contributed by atoms with E-state index in [1.807, 2.05) is 38.1 Å². The summed E-state index contributed by atoms with van der Waals surface area (Å²) < 4.78 is 20.1. The van der Waals surface area contributed by atoms with Gasteiger partial charge in [0, 0.05) is 5.69 Å². The van der Waals surface area contributed by atoms with Crippen molar-refractivity contribution in [2.45, 2.75) is 25.0 Å². The van der Waals surface area contributed by atoms with Gasteiger partial charge in [0.2, 0.25) is 5.91 Å². The van der Waals surface area contributed by atoms with Gasteiger partial charge in [-0.05, 0) is 61.9 Å². The Balaban J connectivity index is 1.58. The fraction of sp³-hybridized carbons (Fsp3) is 0.208. The summed E-state index contributed by atoms with van der Waals surface area (Å²) in [6, 6.07) is 14.6. The van der Waals surface area contributed by atoms with Crippen LogP contribution in [0, 0.1) is 12.7 Å². The third kappa shape index (κ3) is 4.93. The summed E-state index contributed by atoms with van der Waals surface area (Å²) in [6.45, 7) is 3.72. The van der Waals surface area contributed by atoms with Crippen LogP contribution >= 0.6 is 11.8 Å². The number of aromatic amines is 1. The number of thioether (sulfide) groups is 1. The predicted octanol–water partition coefficient (Wildman–Crippen LogP) is 4.14. The first-order valence-corrected chi connectivity index (χ1v) is 11.3. The van der Waals surface area contributed by atoms with E-state index >= 15 is 0 Å². The first kappa shape index (κ1) is 22.6. The third-order valence-corrected chi connectivity index (χ3v) is 6.08. The lowest BCUT2D eigenvalue weighted by Gasteiger charge is -2.16. The first-order valence-electron chi connectivity index (χ1n) is 10.3. The highest BCUT2D eigenvalue weighted by molar-refractivity contribution is 7.99. The third-order valence-electron chi connectivity index (χ3n) is 5.14. The van der Waals surface area contributed by atoms with Crippen molar-refractivity contribution in [3.63, 3.8) is 0 Å². The second kappa shape index (κ2) is 9.50. The minimum absolute atomic E-state index is 0.0524. The van der Waals surface area contributed by atoms with Crippen molar-refractivity contribution in [1.82, 2.24) is 19.9 Å². The smallest absolute Gasteiger partial charge is 0.283 e. The topological polar surface area (TPSA) is 89.0 Å². The van der Waals surface area contributed by atoms with Gasteiger partial charge in [-0.15, -0.1) is 0 Å². The van der Waals surface area contributed by atoms with Gasteiger partial charge in [-0.1, -0.05) is 23.9 Å². The van der Waals surface area contributed by atoms with Crippen molar-refractivity contribution in [2.75, 3.05) is 12.9 Å². The summed E-state index contributed by atoms with van der Waals surface area (Å²) >= 11 is 1.14. The fourth-order valence-corrected chi connectivity index (χ4v) is 4.32. The zero-order valence-electron chi connectivity index (χ0n) is 18.4. The van der Waals surface area contributed by atoms with Crippen molar-refractivity contribution in [3.05, 3.63) is 82.0 Å². The standard InChI is InChI=1S/C24H23FN4O3S/c1-14-11-20-22(26-14)23(31)29(18-9-7-17(25)8-10-18)24(28-20)33-13-21(30)27-15(2)16-5-4-6-19(12-16)32-3/h4-12,15,26H,13H2,1-3H3,(H,27,30). The van der Waals surface area contributed by atoms with Crippen molar-refractivity contribution in [2.24, 2.45) is 0 Å². The number of amides is 1. The Labute approximate surface area is 194 Å². The van der Waals surface area contributed by atoms with E-state index in [4.69, 9.17) is 4.74 Å². The highest BCUT2D eigenvalue weighted by Gasteiger charge is 2.17. The van der Waals surface area contributed by atoms with E-state index in [0.29, 0.717) is 27.6 Å². The molecule has 2 aromatic carbocycles. The molecule has 2 aromatic heterocycles. The number of ether oxygens (including phenoxy) is 1. The molecule has 0 aliphatic rings. The summed E-state index contributed by atoms with van der Waals surface area (Å²) in [5.74, 6) is 0.152. The van der Waals surface area contributed by atoms with E-state index in [2.05, 4.69) is 15.3 Å². The molecule has 1 unspecified atom stereocenters. The van der Waals surface area contributed by atoms with E-state index in [1.54, 1.807) is 13.2 Å². The fourth-order valence-electron chi connectivity index (χ4n) is 3.50. The number of halogens is 1. The number of aryl methyl sites for hydroxylation is 1. The number of hydrogen-bond acceptors (Lipinski definition) is 5. The Morgan fingerprint density at radius 2 is 2.00 bits per heavy atom. The highest BCUT2D eigenvalue weighted by atomic mass is 32.2. The van der Waals surface area contributed by atoms with E-state index in [-0.39, 0.29) is 23.3 Å². The number of benzene rings is 2. The SMILES string of the molecule is COc1cccc(C(C)NC(=O)CSc2nc3cc(C)[nH]c3c(=O)n2-c2ccc(F)cc2)c1. The van der Waals surface area contributed by atoms with Crippen molar-refractivity contribution >= 4 is 28.7 Å². The van der Waals surface area contributed by atoms with Gasteiger partial charge in [0.05, 0.1) is 30.1 Å². The molecule has 0 aliphatic heterocycles. The molecule has 0 fully saturated rings. The zero-order valence-corrected chi connectivity index (χ0v) is 19.2. The number of nitrogens with one attached hydrogen (secondary N) is 2. The molecule has 0 saturated heterocycles. The van der Waals surface area contributed by atoms with Gasteiger partial charge in [-0.3, -0.25) is 14.2 Å². The van der Waals surface area contributed by atoms with Crippen LogP contribution in [0.1, 0.15) is 24.2 Å². The van der Waals surface area contributed by atoms with Crippen molar-refractivity contribution in [3.8, 4) is 11.4 Å². The number of H-pyrrole nitrogens is 1. The van der Waals surface area contributed by atoms with Gasteiger partial charge in [-0.25, -0.2) is 9.37 Å². The summed E-state index contributed by atoms with van der Waals surface area (Å²) in [5.41, 5.74) is 2.74. The molecule has 170 valence electrons. The van der Waals surface area contributed by atoms with Crippen molar-refractivity contribution in [1.29, 1.82) is 0 Å². The summed E-state index contributed by atoms with van der Waals surface area (Å²) in [6.07, 6.45) is 0. The van der Waals surface area contributed by atoms with Gasteiger partial charge in [0.1, 0.15) is 17.1 Å². The van der Waals surface area contributed by atoms with Crippen molar-refractivity contribution < 1.29 is 13.9 Å². The highest BCUT2D eigenvalue weighted by Crippen LogP contribution is 2.23. The molecule has 9 heteroatoms. The molecular weight excluding hydrogens is 443 g/mol. The molecule has 33 heavy (non-hydrogen) atoms. The second-order valence-corrected chi connectivity index (χ2v) is 8.52. The predicted molar refractivity (Wildman–Crippen MR) is 127 cm³/mol. The van der Waals surface area contributed by atoms with Gasteiger partial charge in [0.25, 0.3) is 5.56 Å². The Hall–Kier alpha value is -3.59. The van der Waals surface area contributed by atoms with Gasteiger partial charge < -0.3 is 15.0 Å². The number of methoxy groups -OCH3 is 1. The molecule has 0 saturated carbocycles. The van der Waals surface area contributed by atoms with Crippen LogP contribution in [0.2, 0.25) is 0 Å². The van der Waals surface area contributed by atoms with Crippen LogP contribution in [0.4, 0.5) is 4.39 Å². The average Bonchev–Trinajstić information content (AvgIpc) is 3.19. The van der Waals surface area contributed by atoms with E-state index in [0.717, 1.165) is 23.0 Å². The molecule has 4 aromatic rings. The Morgan fingerprint density at radius 3 is 2.73 bits per heavy atom. The number of carbonyl (C=O) groups excluding carboxylic acids is 1. The minimum Gasteiger partial charge on any atom is -0.497 e. The number of nitrogens with zero attached hydrogens (tertiary/aromatic N) is 2. The molecule has 0 radical (unpaired) electrons. The lowest BCUT2D eigenvalue weighted by atomic mass is 10.1. The monoisotopic (exact) mass is 466 g/mol. The molecule has 2 N–H and O–H groups in total. The maximum Gasteiger partial charge on any atom is 0.283 e. The van der Waals surface area contributed by atoms with Crippen LogP contribution in [0.15, 0.2) is 64.5 Å². The number of rotatable bonds is 7. The zero-order chi connectivity index (χ0) is 23.5. The minimum atomic E-state index is -0.406. The molecule has 7 nitrogen and oxygen atoms in total. The summed E-state index contributed by atoms with van der Waals surface area (Å²) in [4.78, 5) is 33.5. The van der Waals surface area contributed by atoms with E-state index < -0.39 is 5.82 Å². The molecule has 0 aliphatic carbocycles. The molecule has 0 bridgehead atoms. The van der Waals surface area contributed by atoms with Crippen LogP contribution in [-0.2, 0) is 4.79 Å². The first-order chi connectivity index (χ1) is 15.9. The van der Waals surface area contributed by atoms with Crippen LogP contribution in [0.5, 0.6) is 5.75 Å². The lowest BCUT2D eigenvalue weighted by Crippen LogP contribution is -2.29. The second-order valence-electron chi connectivity index (χ2n) is 7.58. The Kier molecular flexibility index (Phi) is 6.50. The lowest BCUT2D eigenvalue weighted by molar-refractivity contribution is -0.119.